The van der Waals surface area contributed by atoms with E-state index in [9.17, 15) is 21.6 Å². The van der Waals surface area contributed by atoms with Gasteiger partial charge in [-0.3, -0.25) is 0 Å². The summed E-state index contributed by atoms with van der Waals surface area (Å²) in [4.78, 5) is 0. The first-order valence-corrected chi connectivity index (χ1v) is 7.35. The van der Waals surface area contributed by atoms with Crippen LogP contribution < -0.4 is 5.14 Å². The van der Waals surface area contributed by atoms with Crippen molar-refractivity contribution < 1.29 is 25.8 Å². The second kappa shape index (κ2) is 5.28. The van der Waals surface area contributed by atoms with Crippen LogP contribution in [-0.4, -0.2) is 14.6 Å². The lowest BCUT2D eigenvalue weighted by molar-refractivity contribution is -0.0891. The number of benzene rings is 1. The molecule has 8 heteroatoms. The van der Waals surface area contributed by atoms with E-state index >= 15 is 0 Å². The summed E-state index contributed by atoms with van der Waals surface area (Å²) in [5.41, 5.74) is -2.02. The quantitative estimate of drug-likeness (QED) is 0.931. The minimum Gasteiger partial charge on any atom is -0.242 e. The molecule has 1 unspecified atom stereocenters. The topological polar surface area (TPSA) is 69.4 Å². The minimum atomic E-state index is -4.50. The van der Waals surface area contributed by atoms with Crippen LogP contribution in [0.4, 0.5) is 13.2 Å². The van der Waals surface area contributed by atoms with Crippen molar-refractivity contribution in [1.29, 1.82) is 0 Å². The third-order valence-corrected chi connectivity index (χ3v) is 3.54. The molecule has 21 heavy (non-hydrogen) atoms. The third kappa shape index (κ3) is 3.72. The van der Waals surface area contributed by atoms with Gasteiger partial charge in [-0.15, -0.1) is 0 Å². The average molecular weight is 319 g/mol. The fraction of sp³-hybridized carbons (Fsp3) is 0.231. The van der Waals surface area contributed by atoms with E-state index in [0.717, 1.165) is 18.2 Å². The molecular formula is C13H12F3NO3S. The standard InChI is InChI=1S/C13H12F3NO3S/c14-13(15,16)11-6-8-12(9-7-11,20-21(17,18)19)10-4-2-1-3-5-10/h1-8H,9H2,(H2,17,18,19). The van der Waals surface area contributed by atoms with Crippen molar-refractivity contribution in [1.82, 2.24) is 0 Å². The van der Waals surface area contributed by atoms with Crippen molar-refractivity contribution in [2.75, 3.05) is 0 Å². The van der Waals surface area contributed by atoms with Crippen molar-refractivity contribution in [2.24, 2.45) is 5.14 Å². The van der Waals surface area contributed by atoms with E-state index in [-0.39, 0.29) is 6.42 Å². The van der Waals surface area contributed by atoms with E-state index in [4.69, 9.17) is 9.32 Å². The predicted octanol–water partition coefficient (Wildman–Crippen LogP) is 2.55. The van der Waals surface area contributed by atoms with Gasteiger partial charge in [0.2, 0.25) is 0 Å². The van der Waals surface area contributed by atoms with Crippen molar-refractivity contribution in [3.05, 3.63) is 59.7 Å². The van der Waals surface area contributed by atoms with Crippen LogP contribution in [0.15, 0.2) is 54.1 Å². The lowest BCUT2D eigenvalue weighted by Gasteiger charge is -2.31. The molecule has 0 saturated carbocycles. The molecule has 0 amide bonds. The van der Waals surface area contributed by atoms with Gasteiger partial charge in [0, 0.05) is 6.42 Å². The summed E-state index contributed by atoms with van der Waals surface area (Å²) in [7, 11) is -4.35. The molecule has 114 valence electrons. The molecule has 2 rings (SSSR count). The Labute approximate surface area is 120 Å². The number of halogens is 3. The maximum atomic E-state index is 12.6. The zero-order chi connectivity index (χ0) is 15.7. The first-order chi connectivity index (χ1) is 9.62. The van der Waals surface area contributed by atoms with Gasteiger partial charge in [-0.25, -0.2) is 9.32 Å². The normalized spacial score (nSPS) is 23.0. The summed E-state index contributed by atoms with van der Waals surface area (Å²) in [6.07, 6.45) is -2.05. The first kappa shape index (κ1) is 15.7. The molecule has 1 aromatic carbocycles. The zero-order valence-corrected chi connectivity index (χ0v) is 11.5. The highest BCUT2D eigenvalue weighted by Gasteiger charge is 2.40. The molecule has 2 N–H and O–H groups in total. The second-order valence-corrected chi connectivity index (χ2v) is 5.68. The summed E-state index contributed by atoms with van der Waals surface area (Å²) >= 11 is 0. The van der Waals surface area contributed by atoms with E-state index in [2.05, 4.69) is 0 Å². The molecule has 0 aromatic heterocycles. The number of nitrogens with two attached hydrogens (primary N) is 1. The van der Waals surface area contributed by atoms with Crippen molar-refractivity contribution in [2.45, 2.75) is 18.2 Å². The van der Waals surface area contributed by atoms with Gasteiger partial charge >= 0.3 is 16.5 Å². The van der Waals surface area contributed by atoms with Crippen molar-refractivity contribution in [3.63, 3.8) is 0 Å². The van der Waals surface area contributed by atoms with E-state index in [1.54, 1.807) is 30.3 Å². The monoisotopic (exact) mass is 319 g/mol. The second-order valence-electron chi connectivity index (χ2n) is 4.53. The van der Waals surface area contributed by atoms with Crippen molar-refractivity contribution >= 4 is 10.3 Å². The number of alkyl halides is 3. The summed E-state index contributed by atoms with van der Waals surface area (Å²) in [6, 6.07) is 8.06. The molecule has 1 atom stereocenters. The van der Waals surface area contributed by atoms with Gasteiger partial charge in [-0.05, 0) is 11.6 Å². The van der Waals surface area contributed by atoms with Gasteiger partial charge in [0.25, 0.3) is 0 Å². The van der Waals surface area contributed by atoms with Gasteiger partial charge in [-0.2, -0.15) is 21.6 Å². The molecule has 4 nitrogen and oxygen atoms in total. The molecule has 0 heterocycles. The van der Waals surface area contributed by atoms with Crippen molar-refractivity contribution in [3.8, 4) is 0 Å². The third-order valence-electron chi connectivity index (χ3n) is 3.01. The smallest absolute Gasteiger partial charge is 0.242 e. The Morgan fingerprint density at radius 1 is 1.19 bits per heavy atom. The molecule has 0 saturated heterocycles. The van der Waals surface area contributed by atoms with E-state index < -0.39 is 27.7 Å². The van der Waals surface area contributed by atoms with Crippen LogP contribution in [0.2, 0.25) is 0 Å². The molecule has 0 fully saturated rings. The lowest BCUT2D eigenvalue weighted by atomic mass is 9.85. The number of hydrogen-bond donors (Lipinski definition) is 1. The van der Waals surface area contributed by atoms with Crippen LogP contribution in [0.1, 0.15) is 12.0 Å². The van der Waals surface area contributed by atoms with Gasteiger partial charge < -0.3 is 0 Å². The summed E-state index contributed by atoms with van der Waals surface area (Å²) in [6.45, 7) is 0. The fourth-order valence-corrected chi connectivity index (χ4v) is 2.72. The Bertz CT molecular complexity index is 680. The van der Waals surface area contributed by atoms with Crippen LogP contribution >= 0.6 is 0 Å². The Morgan fingerprint density at radius 3 is 2.24 bits per heavy atom. The highest BCUT2D eigenvalue weighted by molar-refractivity contribution is 7.84. The van der Waals surface area contributed by atoms with Gasteiger partial charge in [0.1, 0.15) is 5.60 Å². The Balaban J connectivity index is 2.43. The number of hydrogen-bond acceptors (Lipinski definition) is 3. The predicted molar refractivity (Wildman–Crippen MR) is 70.2 cm³/mol. The Kier molecular flexibility index (Phi) is 3.96. The molecule has 0 radical (unpaired) electrons. The minimum absolute atomic E-state index is 0.293. The maximum Gasteiger partial charge on any atom is 0.416 e. The van der Waals surface area contributed by atoms with Gasteiger partial charge in [0.05, 0.1) is 5.57 Å². The largest absolute Gasteiger partial charge is 0.416 e. The van der Waals surface area contributed by atoms with Crippen LogP contribution in [0.25, 0.3) is 0 Å². The summed E-state index contributed by atoms with van der Waals surface area (Å²) < 4.78 is 65.2. The zero-order valence-electron chi connectivity index (χ0n) is 10.7. The number of allylic oxidation sites excluding steroid dienone is 2. The summed E-state index contributed by atoms with van der Waals surface area (Å²) in [5, 5.41) is 4.88. The molecular weight excluding hydrogens is 307 g/mol. The Morgan fingerprint density at radius 2 is 1.81 bits per heavy atom. The molecule has 0 spiro atoms. The maximum absolute atomic E-state index is 12.6. The SMILES string of the molecule is NS(=O)(=O)OC1(c2ccccc2)C=CC(C(F)(F)F)=CC1. The molecule has 1 aliphatic rings. The highest BCUT2D eigenvalue weighted by Crippen LogP contribution is 2.39. The number of rotatable bonds is 3. The molecule has 0 bridgehead atoms. The molecule has 0 aliphatic heterocycles. The fourth-order valence-electron chi connectivity index (χ4n) is 2.08. The highest BCUT2D eigenvalue weighted by atomic mass is 32.2. The van der Waals surface area contributed by atoms with Crippen LogP contribution in [0.3, 0.4) is 0 Å². The van der Waals surface area contributed by atoms with E-state index in [1.807, 2.05) is 0 Å². The summed E-state index contributed by atoms with van der Waals surface area (Å²) in [5.74, 6) is 0. The van der Waals surface area contributed by atoms with Gasteiger partial charge in [-0.1, -0.05) is 42.5 Å². The molecule has 1 aliphatic carbocycles. The van der Waals surface area contributed by atoms with Crippen LogP contribution in [0.5, 0.6) is 0 Å². The van der Waals surface area contributed by atoms with Gasteiger partial charge in [0.15, 0.2) is 0 Å². The van der Waals surface area contributed by atoms with E-state index in [1.165, 1.54) is 0 Å². The Hall–Kier alpha value is -1.64. The lowest BCUT2D eigenvalue weighted by Crippen LogP contribution is -2.35. The molecule has 1 aromatic rings. The van der Waals surface area contributed by atoms with Crippen LogP contribution in [0, 0.1) is 0 Å². The first-order valence-electron chi connectivity index (χ1n) is 5.88. The van der Waals surface area contributed by atoms with Crippen LogP contribution in [-0.2, 0) is 20.1 Å². The average Bonchev–Trinajstić information content (AvgIpc) is 2.37. The van der Waals surface area contributed by atoms with E-state index in [0.29, 0.717) is 5.56 Å².